The summed E-state index contributed by atoms with van der Waals surface area (Å²) in [6.07, 6.45) is 0. The van der Waals surface area contributed by atoms with Gasteiger partial charge in [0.25, 0.3) is 5.91 Å². The first-order valence-corrected chi connectivity index (χ1v) is 4.36. The average molecular weight is 194 g/mol. The molecular weight excluding hydrogens is 180 g/mol. The molecule has 0 spiro atoms. The predicted octanol–water partition coefficient (Wildman–Crippen LogP) is 1.20. The summed E-state index contributed by atoms with van der Waals surface area (Å²) < 4.78 is 0. The largest absolute Gasteiger partial charge is 0.507 e. The molecule has 0 radical (unpaired) electrons. The van der Waals surface area contributed by atoms with E-state index in [2.05, 4.69) is 0 Å². The molecule has 76 valence electrons. The zero-order valence-electron chi connectivity index (χ0n) is 8.24. The third-order valence-corrected chi connectivity index (χ3v) is 2.09. The van der Waals surface area contributed by atoms with E-state index in [1.807, 2.05) is 13.8 Å². The molecule has 0 unspecified atom stereocenters. The summed E-state index contributed by atoms with van der Waals surface area (Å²) in [5, 5.41) is 9.73. The highest BCUT2D eigenvalue weighted by Gasteiger charge is 2.16. The zero-order chi connectivity index (χ0) is 10.9. The van der Waals surface area contributed by atoms with E-state index in [1.165, 1.54) is 6.07 Å². The summed E-state index contributed by atoms with van der Waals surface area (Å²) in [6, 6.07) is 3.01. The molecule has 1 aromatic carbocycles. The number of benzene rings is 1. The number of anilines is 1. The van der Waals surface area contributed by atoms with Gasteiger partial charge in [0.15, 0.2) is 0 Å². The molecule has 0 aliphatic heterocycles. The first-order valence-electron chi connectivity index (χ1n) is 4.36. The molecule has 0 aliphatic carbocycles. The van der Waals surface area contributed by atoms with E-state index in [0.717, 1.165) is 0 Å². The Balaban J connectivity index is 3.41. The number of amides is 1. The maximum atomic E-state index is 10.9. The topological polar surface area (TPSA) is 89.3 Å². The van der Waals surface area contributed by atoms with Gasteiger partial charge in [-0.25, -0.2) is 0 Å². The van der Waals surface area contributed by atoms with Crippen molar-refractivity contribution in [3.05, 3.63) is 23.3 Å². The molecule has 0 fully saturated rings. The lowest BCUT2D eigenvalue weighted by Crippen LogP contribution is -2.12. The van der Waals surface area contributed by atoms with Crippen molar-refractivity contribution in [2.75, 3.05) is 5.73 Å². The molecule has 1 amide bonds. The van der Waals surface area contributed by atoms with Crippen molar-refractivity contribution in [1.29, 1.82) is 0 Å². The fraction of sp³-hybridized carbons (Fsp3) is 0.300. The number of rotatable bonds is 2. The highest BCUT2D eigenvalue weighted by molar-refractivity contribution is 5.96. The van der Waals surface area contributed by atoms with E-state index in [-0.39, 0.29) is 17.2 Å². The molecule has 0 bridgehead atoms. The monoisotopic (exact) mass is 194 g/mol. The maximum Gasteiger partial charge on any atom is 0.252 e. The van der Waals surface area contributed by atoms with E-state index in [0.29, 0.717) is 11.3 Å². The van der Waals surface area contributed by atoms with Gasteiger partial charge in [0.05, 0.1) is 5.56 Å². The van der Waals surface area contributed by atoms with E-state index >= 15 is 0 Å². The minimum absolute atomic E-state index is 0.0503. The Bertz CT molecular complexity index is 373. The number of aromatic hydroxyl groups is 1. The van der Waals surface area contributed by atoms with Crippen molar-refractivity contribution >= 4 is 11.6 Å². The third-order valence-electron chi connectivity index (χ3n) is 2.09. The number of nitrogen functional groups attached to an aromatic ring is 1. The van der Waals surface area contributed by atoms with Gasteiger partial charge in [-0.05, 0) is 18.1 Å². The van der Waals surface area contributed by atoms with Crippen LogP contribution >= 0.6 is 0 Å². The van der Waals surface area contributed by atoms with Gasteiger partial charge in [-0.2, -0.15) is 0 Å². The number of primary amides is 1. The third kappa shape index (κ3) is 1.64. The van der Waals surface area contributed by atoms with Crippen molar-refractivity contribution in [3.63, 3.8) is 0 Å². The minimum Gasteiger partial charge on any atom is -0.507 e. The van der Waals surface area contributed by atoms with Gasteiger partial charge in [0.1, 0.15) is 5.75 Å². The van der Waals surface area contributed by atoms with E-state index in [1.54, 1.807) is 6.07 Å². The molecule has 0 saturated carbocycles. The molecule has 5 N–H and O–H groups in total. The van der Waals surface area contributed by atoms with E-state index in [4.69, 9.17) is 11.5 Å². The van der Waals surface area contributed by atoms with Crippen molar-refractivity contribution in [3.8, 4) is 5.75 Å². The van der Waals surface area contributed by atoms with Crippen molar-refractivity contribution in [2.24, 2.45) is 5.73 Å². The van der Waals surface area contributed by atoms with Gasteiger partial charge in [-0.3, -0.25) is 4.79 Å². The lowest BCUT2D eigenvalue weighted by atomic mass is 9.97. The Kier molecular flexibility index (Phi) is 2.65. The number of hydrogen-bond acceptors (Lipinski definition) is 3. The van der Waals surface area contributed by atoms with E-state index in [9.17, 15) is 9.90 Å². The second kappa shape index (κ2) is 3.57. The van der Waals surface area contributed by atoms with Crippen molar-refractivity contribution in [1.82, 2.24) is 0 Å². The van der Waals surface area contributed by atoms with Crippen LogP contribution in [0.5, 0.6) is 5.75 Å². The number of carbonyl (C=O) groups excluding carboxylic acids is 1. The molecule has 1 aromatic rings. The van der Waals surface area contributed by atoms with Crippen LogP contribution in [0.3, 0.4) is 0 Å². The molecule has 0 saturated heterocycles. The summed E-state index contributed by atoms with van der Waals surface area (Å²) >= 11 is 0. The number of nitrogens with two attached hydrogens (primary N) is 2. The van der Waals surface area contributed by atoms with Crippen molar-refractivity contribution < 1.29 is 9.90 Å². The summed E-state index contributed by atoms with van der Waals surface area (Å²) in [5.74, 6) is -0.703. The number of carbonyl (C=O) groups is 1. The van der Waals surface area contributed by atoms with Crippen LogP contribution in [0, 0.1) is 0 Å². The van der Waals surface area contributed by atoms with Gasteiger partial charge in [0.2, 0.25) is 0 Å². The minimum atomic E-state index is -0.649. The van der Waals surface area contributed by atoms with Gasteiger partial charge in [-0.15, -0.1) is 0 Å². The quantitative estimate of drug-likeness (QED) is 0.618. The van der Waals surface area contributed by atoms with Crippen LogP contribution in [-0.4, -0.2) is 11.0 Å². The highest BCUT2D eigenvalue weighted by Crippen LogP contribution is 2.33. The summed E-state index contributed by atoms with van der Waals surface area (Å²) in [7, 11) is 0. The molecule has 1 rings (SSSR count). The Morgan fingerprint density at radius 2 is 2.00 bits per heavy atom. The summed E-state index contributed by atoms with van der Waals surface area (Å²) in [5.41, 5.74) is 11.9. The van der Waals surface area contributed by atoms with Crippen LogP contribution in [-0.2, 0) is 0 Å². The molecule has 14 heavy (non-hydrogen) atoms. The summed E-state index contributed by atoms with van der Waals surface area (Å²) in [6.45, 7) is 3.77. The first-order chi connectivity index (χ1) is 6.45. The van der Waals surface area contributed by atoms with E-state index < -0.39 is 5.91 Å². The van der Waals surface area contributed by atoms with Gasteiger partial charge in [0, 0.05) is 11.3 Å². The highest BCUT2D eigenvalue weighted by atomic mass is 16.3. The van der Waals surface area contributed by atoms with Gasteiger partial charge in [-0.1, -0.05) is 13.8 Å². The molecule has 4 nitrogen and oxygen atoms in total. The molecule has 0 heterocycles. The van der Waals surface area contributed by atoms with Gasteiger partial charge >= 0.3 is 0 Å². The lowest BCUT2D eigenvalue weighted by Gasteiger charge is -2.13. The Morgan fingerprint density at radius 3 is 2.43 bits per heavy atom. The lowest BCUT2D eigenvalue weighted by molar-refractivity contribution is 0.0997. The Morgan fingerprint density at radius 1 is 1.43 bits per heavy atom. The van der Waals surface area contributed by atoms with Crippen LogP contribution in [0.15, 0.2) is 12.1 Å². The fourth-order valence-corrected chi connectivity index (χ4v) is 1.43. The van der Waals surface area contributed by atoms with Crippen LogP contribution in [0.4, 0.5) is 5.69 Å². The van der Waals surface area contributed by atoms with Crippen molar-refractivity contribution in [2.45, 2.75) is 19.8 Å². The second-order valence-corrected chi connectivity index (χ2v) is 3.48. The SMILES string of the molecule is CC(C)c1c(N)ccc(C(N)=O)c1O. The second-order valence-electron chi connectivity index (χ2n) is 3.48. The number of phenols is 1. The maximum absolute atomic E-state index is 10.9. The summed E-state index contributed by atoms with van der Waals surface area (Å²) in [4.78, 5) is 10.9. The van der Waals surface area contributed by atoms with Crippen LogP contribution in [0.1, 0.15) is 35.7 Å². The molecule has 0 aromatic heterocycles. The predicted molar refractivity (Wildman–Crippen MR) is 55.1 cm³/mol. The standard InChI is InChI=1S/C10H14N2O2/c1-5(2)8-7(11)4-3-6(9(8)13)10(12)14/h3-5,13H,11H2,1-2H3,(H2,12,14). The molecule has 4 heteroatoms. The molecule has 0 atom stereocenters. The Labute approximate surface area is 82.5 Å². The zero-order valence-corrected chi connectivity index (χ0v) is 8.24. The van der Waals surface area contributed by atoms with Crippen LogP contribution in [0.25, 0.3) is 0 Å². The average Bonchev–Trinajstić information content (AvgIpc) is 2.02. The molecular formula is C10H14N2O2. The normalized spacial score (nSPS) is 10.5. The van der Waals surface area contributed by atoms with Crippen LogP contribution in [0.2, 0.25) is 0 Å². The fourth-order valence-electron chi connectivity index (χ4n) is 1.43. The van der Waals surface area contributed by atoms with Gasteiger partial charge < -0.3 is 16.6 Å². The van der Waals surface area contributed by atoms with Crippen LogP contribution < -0.4 is 11.5 Å². The first kappa shape index (κ1) is 10.4. The smallest absolute Gasteiger partial charge is 0.252 e. The number of hydrogen-bond donors (Lipinski definition) is 3. The molecule has 0 aliphatic rings. The Hall–Kier alpha value is -1.71.